The number of rotatable bonds is 4. The molecule has 3 rings (SSSR count). The number of fused-ring (bicyclic) bond motifs is 1. The Morgan fingerprint density at radius 3 is 2.30 bits per heavy atom. The van der Waals surface area contributed by atoms with Crippen LogP contribution in [-0.4, -0.2) is 19.2 Å². The summed E-state index contributed by atoms with van der Waals surface area (Å²) >= 11 is 0. The molecule has 0 aliphatic carbocycles. The van der Waals surface area contributed by atoms with Gasteiger partial charge < -0.3 is 4.57 Å². The van der Waals surface area contributed by atoms with E-state index in [1.165, 1.54) is 6.07 Å². The Morgan fingerprint density at radius 2 is 1.78 bits per heavy atom. The molecule has 1 heterocycles. The van der Waals surface area contributed by atoms with Crippen molar-refractivity contribution in [2.45, 2.75) is 19.9 Å². The zero-order valence-electron chi connectivity index (χ0n) is 14.9. The van der Waals surface area contributed by atoms with Gasteiger partial charge in [-0.3, -0.25) is 4.72 Å². The van der Waals surface area contributed by atoms with E-state index in [2.05, 4.69) is 4.72 Å². The first-order valence-electron chi connectivity index (χ1n) is 8.12. The van der Waals surface area contributed by atoms with E-state index in [9.17, 15) is 17.2 Å². The molecule has 140 valence electrons. The Bertz CT molecular complexity index is 1170. The summed E-state index contributed by atoms with van der Waals surface area (Å²) in [6.07, 6.45) is 2.83. The molecule has 2 aromatic carbocycles. The van der Waals surface area contributed by atoms with Crippen molar-refractivity contribution in [3.8, 4) is 17.2 Å². The minimum absolute atomic E-state index is 0.0304. The highest BCUT2D eigenvalue weighted by molar-refractivity contribution is 7.92. The van der Waals surface area contributed by atoms with Gasteiger partial charge in [-0.1, -0.05) is 6.07 Å². The Balaban J connectivity index is 2.25. The Kier molecular flexibility index (Phi) is 4.66. The molecule has 0 unspecified atom stereocenters. The summed E-state index contributed by atoms with van der Waals surface area (Å²) in [6, 6.07) is 8.77. The summed E-state index contributed by atoms with van der Waals surface area (Å²) in [6.45, 7) is 3.89. The first-order valence-corrected chi connectivity index (χ1v) is 10.0. The number of nitriles is 1. The van der Waals surface area contributed by atoms with Crippen molar-refractivity contribution in [2.24, 2.45) is 0 Å². The van der Waals surface area contributed by atoms with Crippen LogP contribution in [0.25, 0.3) is 22.0 Å². The van der Waals surface area contributed by atoms with E-state index in [0.717, 1.165) is 23.9 Å². The second-order valence-electron chi connectivity index (χ2n) is 6.58. The van der Waals surface area contributed by atoms with E-state index in [1.54, 1.807) is 24.4 Å². The van der Waals surface area contributed by atoms with E-state index >= 15 is 0 Å². The van der Waals surface area contributed by atoms with Crippen molar-refractivity contribution in [3.05, 3.63) is 53.7 Å². The molecule has 8 heteroatoms. The molecule has 5 nitrogen and oxygen atoms in total. The third kappa shape index (κ3) is 3.64. The minimum Gasteiger partial charge on any atom is -0.344 e. The quantitative estimate of drug-likeness (QED) is 0.718. The topological polar surface area (TPSA) is 74.9 Å². The summed E-state index contributed by atoms with van der Waals surface area (Å²) < 4.78 is 55.4. The molecule has 3 aromatic rings. The molecule has 0 saturated heterocycles. The average Bonchev–Trinajstić information content (AvgIpc) is 2.92. The van der Waals surface area contributed by atoms with Gasteiger partial charge in [0.15, 0.2) is 0 Å². The second-order valence-corrected chi connectivity index (χ2v) is 8.33. The summed E-state index contributed by atoms with van der Waals surface area (Å²) in [7, 11) is -3.43. The second kappa shape index (κ2) is 6.67. The maximum Gasteiger partial charge on any atom is 0.229 e. The zero-order chi connectivity index (χ0) is 19.9. The van der Waals surface area contributed by atoms with Gasteiger partial charge in [-0.15, -0.1) is 0 Å². The molecule has 0 bridgehead atoms. The average molecular weight is 389 g/mol. The monoisotopic (exact) mass is 389 g/mol. The molecule has 27 heavy (non-hydrogen) atoms. The van der Waals surface area contributed by atoms with E-state index in [4.69, 9.17) is 5.26 Å². The van der Waals surface area contributed by atoms with Crippen LogP contribution in [0.15, 0.2) is 36.5 Å². The Labute approximate surface area is 155 Å². The van der Waals surface area contributed by atoms with E-state index in [0.29, 0.717) is 22.2 Å². The molecule has 0 aliphatic heterocycles. The number of aromatic nitrogens is 1. The summed E-state index contributed by atoms with van der Waals surface area (Å²) in [5, 5.41) is 9.56. The Morgan fingerprint density at radius 1 is 1.15 bits per heavy atom. The van der Waals surface area contributed by atoms with Crippen LogP contribution in [0.4, 0.5) is 14.5 Å². The van der Waals surface area contributed by atoms with E-state index in [1.807, 2.05) is 18.4 Å². The van der Waals surface area contributed by atoms with Crippen molar-refractivity contribution in [1.82, 2.24) is 4.57 Å². The number of anilines is 1. The van der Waals surface area contributed by atoms with Crippen LogP contribution < -0.4 is 4.72 Å². The van der Waals surface area contributed by atoms with Crippen LogP contribution in [0.5, 0.6) is 0 Å². The fourth-order valence-corrected chi connectivity index (χ4v) is 3.58. The lowest BCUT2D eigenvalue weighted by molar-refractivity contribution is 0.577. The highest BCUT2D eigenvalue weighted by Crippen LogP contribution is 2.35. The van der Waals surface area contributed by atoms with Gasteiger partial charge in [0.2, 0.25) is 10.0 Å². The number of hydrogen-bond acceptors (Lipinski definition) is 3. The number of sulfonamides is 1. The van der Waals surface area contributed by atoms with Crippen LogP contribution in [0.3, 0.4) is 0 Å². The smallest absolute Gasteiger partial charge is 0.229 e. The van der Waals surface area contributed by atoms with Crippen molar-refractivity contribution < 1.29 is 17.2 Å². The van der Waals surface area contributed by atoms with E-state index in [-0.39, 0.29) is 6.04 Å². The fraction of sp³-hybridized carbons (Fsp3) is 0.211. The molecular weight excluding hydrogens is 372 g/mol. The van der Waals surface area contributed by atoms with Gasteiger partial charge >= 0.3 is 0 Å². The molecule has 0 saturated carbocycles. The van der Waals surface area contributed by atoms with Gasteiger partial charge in [0, 0.05) is 23.2 Å². The van der Waals surface area contributed by atoms with Crippen molar-refractivity contribution in [2.75, 3.05) is 11.0 Å². The van der Waals surface area contributed by atoms with Gasteiger partial charge in [0.25, 0.3) is 0 Å². The molecule has 0 atom stereocenters. The van der Waals surface area contributed by atoms with Crippen LogP contribution in [0.2, 0.25) is 0 Å². The van der Waals surface area contributed by atoms with E-state index < -0.39 is 27.2 Å². The first kappa shape index (κ1) is 18.9. The largest absolute Gasteiger partial charge is 0.344 e. The molecule has 1 aromatic heterocycles. The highest BCUT2D eigenvalue weighted by Gasteiger charge is 2.17. The molecule has 0 aliphatic rings. The predicted octanol–water partition coefficient (Wildman–Crippen LogP) is 4.41. The molecule has 0 amide bonds. The highest BCUT2D eigenvalue weighted by atomic mass is 32.2. The molecule has 1 N–H and O–H groups in total. The van der Waals surface area contributed by atoms with Crippen molar-refractivity contribution in [3.63, 3.8) is 0 Å². The van der Waals surface area contributed by atoms with Gasteiger partial charge in [-0.25, -0.2) is 17.2 Å². The maximum atomic E-state index is 14.1. The molecule has 0 spiro atoms. The van der Waals surface area contributed by atoms with Gasteiger partial charge in [0.05, 0.1) is 17.5 Å². The number of nitrogens with one attached hydrogen (secondary N) is 1. The van der Waals surface area contributed by atoms with Crippen LogP contribution in [0, 0.1) is 23.0 Å². The fourth-order valence-electron chi connectivity index (χ4n) is 3.02. The van der Waals surface area contributed by atoms with Gasteiger partial charge in [-0.2, -0.15) is 5.26 Å². The SMILES string of the molecule is CC(C)n1cc(-c2cc(F)c(C#N)c(F)c2)c2ccc(NS(C)(=O)=O)cc21. The lowest BCUT2D eigenvalue weighted by atomic mass is 10.0. The third-order valence-electron chi connectivity index (χ3n) is 4.16. The number of hydrogen-bond donors (Lipinski definition) is 1. The van der Waals surface area contributed by atoms with Crippen LogP contribution >= 0.6 is 0 Å². The number of benzene rings is 2. The zero-order valence-corrected chi connectivity index (χ0v) is 15.7. The lowest BCUT2D eigenvalue weighted by Crippen LogP contribution is -2.09. The summed E-state index contributed by atoms with van der Waals surface area (Å²) in [4.78, 5) is 0. The minimum atomic E-state index is -3.43. The number of nitrogens with zero attached hydrogens (tertiary/aromatic N) is 2. The van der Waals surface area contributed by atoms with Crippen LogP contribution in [-0.2, 0) is 10.0 Å². The molecule has 0 radical (unpaired) electrons. The number of halogens is 2. The lowest BCUT2D eigenvalue weighted by Gasteiger charge is -2.10. The van der Waals surface area contributed by atoms with Gasteiger partial charge in [0.1, 0.15) is 23.3 Å². The predicted molar refractivity (Wildman–Crippen MR) is 101 cm³/mol. The normalized spacial score (nSPS) is 11.7. The Hall–Kier alpha value is -2.92. The van der Waals surface area contributed by atoms with Crippen molar-refractivity contribution >= 4 is 26.6 Å². The maximum absolute atomic E-state index is 14.1. The standard InChI is InChI=1S/C19H17F2N3O2S/c1-11(2)24-10-16(12-6-17(20)15(9-22)18(21)7-12)14-5-4-13(8-19(14)24)23-27(3,25)26/h4-8,10-11,23H,1-3H3. The summed E-state index contributed by atoms with van der Waals surface area (Å²) in [5.74, 6) is -1.85. The van der Waals surface area contributed by atoms with Crippen LogP contribution in [0.1, 0.15) is 25.5 Å². The van der Waals surface area contributed by atoms with Gasteiger partial charge in [-0.05, 0) is 43.7 Å². The third-order valence-corrected chi connectivity index (χ3v) is 4.77. The van der Waals surface area contributed by atoms with Crippen molar-refractivity contribution in [1.29, 1.82) is 5.26 Å². The first-order chi connectivity index (χ1) is 12.6. The molecule has 0 fully saturated rings. The summed E-state index contributed by atoms with van der Waals surface area (Å²) in [5.41, 5.74) is 1.39. The molecular formula is C19H17F2N3O2S.